The predicted molar refractivity (Wildman–Crippen MR) is 108 cm³/mol. The van der Waals surface area contributed by atoms with E-state index in [0.29, 0.717) is 13.0 Å². The van der Waals surface area contributed by atoms with E-state index in [1.54, 1.807) is 11.0 Å². The Labute approximate surface area is 164 Å². The number of hydrogen-bond acceptors (Lipinski definition) is 3. The van der Waals surface area contributed by atoms with Crippen molar-refractivity contribution in [1.82, 2.24) is 15.2 Å². The third kappa shape index (κ3) is 2.52. The van der Waals surface area contributed by atoms with Crippen molar-refractivity contribution in [3.63, 3.8) is 0 Å². The number of carbonyl (C=O) groups is 2. The molecule has 2 amide bonds. The van der Waals surface area contributed by atoms with Crippen LogP contribution >= 0.6 is 0 Å². The molecule has 6 nitrogen and oxygen atoms in total. The molecular formula is C22H25N3O3. The van der Waals surface area contributed by atoms with E-state index in [-0.39, 0.29) is 22.9 Å². The van der Waals surface area contributed by atoms with Crippen LogP contribution in [0.4, 0.5) is 0 Å². The molecule has 0 saturated carbocycles. The summed E-state index contributed by atoms with van der Waals surface area (Å²) in [4.78, 5) is 31.0. The second kappa shape index (κ2) is 6.34. The number of ether oxygens (including phenoxy) is 1. The number of rotatable bonds is 4. The number of aromatic amines is 1. The second-order valence-corrected chi connectivity index (χ2v) is 7.95. The van der Waals surface area contributed by atoms with Crippen molar-refractivity contribution < 1.29 is 14.3 Å². The number of carbonyl (C=O) groups excluding carboxylic acids is 2. The van der Waals surface area contributed by atoms with Crippen molar-refractivity contribution in [2.75, 3.05) is 13.7 Å². The number of piperazine rings is 1. The van der Waals surface area contributed by atoms with E-state index in [2.05, 4.69) is 30.7 Å². The summed E-state index contributed by atoms with van der Waals surface area (Å²) in [6.45, 7) is 8.59. The third-order valence-corrected chi connectivity index (χ3v) is 5.94. The highest BCUT2D eigenvalue weighted by Crippen LogP contribution is 2.37. The zero-order chi connectivity index (χ0) is 20.1. The van der Waals surface area contributed by atoms with E-state index >= 15 is 0 Å². The molecule has 146 valence electrons. The SMILES string of the molecule is C=CC(C)(C)c1[nH]c2ccccc2c1/C=C1\NC(=O)[C@]2(OC)CCCN2C1=O. The lowest BCUT2D eigenvalue weighted by atomic mass is 9.86. The molecule has 0 radical (unpaired) electrons. The van der Waals surface area contributed by atoms with Crippen molar-refractivity contribution in [1.29, 1.82) is 0 Å². The highest BCUT2D eigenvalue weighted by atomic mass is 16.5. The first-order valence-corrected chi connectivity index (χ1v) is 9.49. The Kier molecular flexibility index (Phi) is 4.19. The molecule has 0 bridgehead atoms. The molecule has 2 aliphatic heterocycles. The summed E-state index contributed by atoms with van der Waals surface area (Å²) in [5, 5.41) is 3.79. The van der Waals surface area contributed by atoms with Crippen molar-refractivity contribution in [3.05, 3.63) is 53.9 Å². The van der Waals surface area contributed by atoms with Gasteiger partial charge < -0.3 is 19.9 Å². The first-order valence-electron chi connectivity index (χ1n) is 9.49. The summed E-state index contributed by atoms with van der Waals surface area (Å²) >= 11 is 0. The first kappa shape index (κ1) is 18.5. The zero-order valence-electron chi connectivity index (χ0n) is 16.5. The number of aromatic nitrogens is 1. The molecule has 2 aromatic rings. The number of hydrogen-bond donors (Lipinski definition) is 2. The number of para-hydroxylation sites is 1. The van der Waals surface area contributed by atoms with Gasteiger partial charge in [0.25, 0.3) is 11.8 Å². The minimum Gasteiger partial charge on any atom is -0.357 e. The zero-order valence-corrected chi connectivity index (χ0v) is 16.5. The fraction of sp³-hybridized carbons (Fsp3) is 0.364. The number of benzene rings is 1. The number of methoxy groups -OCH3 is 1. The molecule has 1 aromatic heterocycles. The average Bonchev–Trinajstić information content (AvgIpc) is 3.29. The van der Waals surface area contributed by atoms with Gasteiger partial charge in [0.05, 0.1) is 0 Å². The number of fused-ring (bicyclic) bond motifs is 2. The summed E-state index contributed by atoms with van der Waals surface area (Å²) in [5.41, 5.74) is 1.55. The maximum atomic E-state index is 13.1. The van der Waals surface area contributed by atoms with Crippen molar-refractivity contribution in [3.8, 4) is 0 Å². The molecule has 3 heterocycles. The van der Waals surface area contributed by atoms with Crippen molar-refractivity contribution in [2.24, 2.45) is 0 Å². The number of H-pyrrole nitrogens is 1. The highest BCUT2D eigenvalue weighted by molar-refractivity contribution is 6.10. The Bertz CT molecular complexity index is 1020. The van der Waals surface area contributed by atoms with E-state index < -0.39 is 5.72 Å². The fourth-order valence-corrected chi connectivity index (χ4v) is 4.18. The van der Waals surface area contributed by atoms with Gasteiger partial charge in [0.2, 0.25) is 5.72 Å². The lowest BCUT2D eigenvalue weighted by Gasteiger charge is -2.40. The van der Waals surface area contributed by atoms with Gasteiger partial charge in [-0.3, -0.25) is 9.59 Å². The number of amides is 2. The van der Waals surface area contributed by atoms with Crippen LogP contribution in [0.2, 0.25) is 0 Å². The van der Waals surface area contributed by atoms with Gasteiger partial charge in [-0.2, -0.15) is 0 Å². The predicted octanol–water partition coefficient (Wildman–Crippen LogP) is 3.07. The minimum atomic E-state index is -1.18. The van der Waals surface area contributed by atoms with Gasteiger partial charge in [0.1, 0.15) is 5.70 Å². The third-order valence-electron chi connectivity index (χ3n) is 5.94. The molecule has 2 N–H and O–H groups in total. The standard InChI is InChI=1S/C22H25N3O3/c1-5-21(2,3)18-15(14-9-6-7-10-16(14)23-18)13-17-19(26)25-12-8-11-22(25,28-4)20(27)24-17/h5-7,9-10,13,23H,1,8,11-12H2,2-4H3,(H,24,27)/b17-13-/t22-/m1/s1. The molecular weight excluding hydrogens is 354 g/mol. The van der Waals surface area contributed by atoms with E-state index in [4.69, 9.17) is 4.74 Å². The molecule has 6 heteroatoms. The van der Waals surface area contributed by atoms with Gasteiger partial charge in [0.15, 0.2) is 0 Å². The van der Waals surface area contributed by atoms with E-state index in [9.17, 15) is 9.59 Å². The topological polar surface area (TPSA) is 74.4 Å². The molecule has 2 aliphatic rings. The number of nitrogens with one attached hydrogen (secondary N) is 2. The molecule has 0 spiro atoms. The van der Waals surface area contributed by atoms with Gasteiger partial charge >= 0.3 is 0 Å². The number of nitrogens with zero attached hydrogens (tertiary/aromatic N) is 1. The van der Waals surface area contributed by atoms with Gasteiger partial charge in [-0.05, 0) is 18.6 Å². The second-order valence-electron chi connectivity index (χ2n) is 7.95. The Morgan fingerprint density at radius 2 is 2.04 bits per heavy atom. The van der Waals surface area contributed by atoms with Crippen molar-refractivity contribution in [2.45, 2.75) is 37.8 Å². The summed E-state index contributed by atoms with van der Waals surface area (Å²) < 4.78 is 5.48. The molecule has 0 aliphatic carbocycles. The van der Waals surface area contributed by atoms with Gasteiger partial charge in [-0.25, -0.2) is 0 Å². The van der Waals surface area contributed by atoms with Crippen LogP contribution in [-0.4, -0.2) is 41.1 Å². The lowest BCUT2D eigenvalue weighted by Crippen LogP contribution is -2.64. The minimum absolute atomic E-state index is 0.216. The summed E-state index contributed by atoms with van der Waals surface area (Å²) in [5.74, 6) is -0.505. The summed E-state index contributed by atoms with van der Waals surface area (Å²) in [6.07, 6.45) is 4.90. The Morgan fingerprint density at radius 3 is 2.75 bits per heavy atom. The Balaban J connectivity index is 1.87. The largest absolute Gasteiger partial charge is 0.357 e. The molecule has 1 aromatic carbocycles. The Morgan fingerprint density at radius 1 is 1.29 bits per heavy atom. The van der Waals surface area contributed by atoms with Crippen LogP contribution < -0.4 is 5.32 Å². The van der Waals surface area contributed by atoms with Gasteiger partial charge in [0, 0.05) is 47.7 Å². The molecule has 4 rings (SSSR count). The van der Waals surface area contributed by atoms with Gasteiger partial charge in [-0.1, -0.05) is 38.1 Å². The summed E-state index contributed by atoms with van der Waals surface area (Å²) in [6, 6.07) is 7.93. The maximum Gasteiger partial charge on any atom is 0.278 e. The lowest BCUT2D eigenvalue weighted by molar-refractivity contribution is -0.177. The van der Waals surface area contributed by atoms with E-state index in [1.165, 1.54) is 7.11 Å². The van der Waals surface area contributed by atoms with E-state index in [0.717, 1.165) is 28.6 Å². The fourth-order valence-electron chi connectivity index (χ4n) is 4.18. The molecule has 2 saturated heterocycles. The normalized spacial score (nSPS) is 24.0. The number of allylic oxidation sites excluding steroid dienone is 1. The molecule has 1 atom stereocenters. The molecule has 28 heavy (non-hydrogen) atoms. The monoisotopic (exact) mass is 379 g/mol. The van der Waals surface area contributed by atoms with Crippen LogP contribution in [0.3, 0.4) is 0 Å². The van der Waals surface area contributed by atoms with Crippen molar-refractivity contribution >= 4 is 28.8 Å². The van der Waals surface area contributed by atoms with Gasteiger partial charge in [-0.15, -0.1) is 6.58 Å². The quantitative estimate of drug-likeness (QED) is 0.633. The molecule has 0 unspecified atom stereocenters. The van der Waals surface area contributed by atoms with Crippen LogP contribution in [-0.2, 0) is 19.7 Å². The van der Waals surface area contributed by atoms with Crippen LogP contribution in [0.15, 0.2) is 42.6 Å². The molecule has 2 fully saturated rings. The first-order chi connectivity index (χ1) is 13.3. The van der Waals surface area contributed by atoms with Crippen LogP contribution in [0.5, 0.6) is 0 Å². The van der Waals surface area contributed by atoms with Crippen LogP contribution in [0.1, 0.15) is 37.9 Å². The highest BCUT2D eigenvalue weighted by Gasteiger charge is 2.54. The Hall–Kier alpha value is -2.86. The van der Waals surface area contributed by atoms with E-state index in [1.807, 2.05) is 30.3 Å². The smallest absolute Gasteiger partial charge is 0.278 e. The maximum absolute atomic E-state index is 13.1. The average molecular weight is 379 g/mol. The van der Waals surface area contributed by atoms with Crippen LogP contribution in [0, 0.1) is 0 Å². The summed E-state index contributed by atoms with van der Waals surface area (Å²) in [7, 11) is 1.48. The van der Waals surface area contributed by atoms with Crippen LogP contribution in [0.25, 0.3) is 17.0 Å².